The summed E-state index contributed by atoms with van der Waals surface area (Å²) in [4.78, 5) is 26.7. The van der Waals surface area contributed by atoms with Crippen LogP contribution in [-0.4, -0.2) is 45.8 Å². The van der Waals surface area contributed by atoms with Gasteiger partial charge in [0.25, 0.3) is 5.22 Å². The van der Waals surface area contributed by atoms with E-state index in [1.807, 2.05) is 50.2 Å². The van der Waals surface area contributed by atoms with Crippen LogP contribution < -0.4 is 5.32 Å². The Balaban J connectivity index is 1.57. The first-order valence-electron chi connectivity index (χ1n) is 9.82. The molecule has 0 saturated heterocycles. The van der Waals surface area contributed by atoms with Gasteiger partial charge < -0.3 is 14.6 Å². The highest BCUT2D eigenvalue weighted by Gasteiger charge is 2.19. The summed E-state index contributed by atoms with van der Waals surface area (Å²) in [6.07, 6.45) is 0.741. The van der Waals surface area contributed by atoms with Gasteiger partial charge in [-0.15, -0.1) is 10.2 Å². The van der Waals surface area contributed by atoms with Gasteiger partial charge in [-0.2, -0.15) is 0 Å². The molecule has 2 aromatic carbocycles. The first-order chi connectivity index (χ1) is 15.0. The standard InChI is InChI=1S/C22H23ClN4O3S/c1-3-12-27(13-19(28)24-18-11-7-4-8-15(18)2)20(29)14-31-22-26-25-21(30-22)16-9-5-6-10-17(16)23/h4-11H,3,12-14H2,1-2H3,(H,24,28). The highest BCUT2D eigenvalue weighted by atomic mass is 35.5. The Morgan fingerprint density at radius 3 is 2.61 bits per heavy atom. The van der Waals surface area contributed by atoms with Gasteiger partial charge in [-0.05, 0) is 37.1 Å². The lowest BCUT2D eigenvalue weighted by Gasteiger charge is -2.21. The molecule has 162 valence electrons. The van der Waals surface area contributed by atoms with E-state index in [9.17, 15) is 9.59 Å². The minimum absolute atomic E-state index is 0.0176. The van der Waals surface area contributed by atoms with Crippen LogP contribution in [0.2, 0.25) is 5.02 Å². The van der Waals surface area contributed by atoms with Crippen molar-refractivity contribution >= 4 is 40.9 Å². The van der Waals surface area contributed by atoms with Crippen LogP contribution in [0.3, 0.4) is 0 Å². The zero-order valence-corrected chi connectivity index (χ0v) is 18.9. The van der Waals surface area contributed by atoms with Gasteiger partial charge in [0.2, 0.25) is 17.7 Å². The van der Waals surface area contributed by atoms with Crippen LogP contribution in [0.5, 0.6) is 0 Å². The fourth-order valence-corrected chi connectivity index (χ4v) is 3.75. The Morgan fingerprint density at radius 1 is 1.13 bits per heavy atom. The fraction of sp³-hybridized carbons (Fsp3) is 0.273. The number of nitrogens with zero attached hydrogens (tertiary/aromatic N) is 3. The highest BCUT2D eigenvalue weighted by Crippen LogP contribution is 2.28. The molecule has 0 fully saturated rings. The third-order valence-electron chi connectivity index (χ3n) is 4.43. The average molecular weight is 459 g/mol. The number of carbonyl (C=O) groups is 2. The maximum absolute atomic E-state index is 12.7. The first kappa shape index (κ1) is 22.8. The Hall–Kier alpha value is -2.84. The summed E-state index contributed by atoms with van der Waals surface area (Å²) in [7, 11) is 0. The van der Waals surface area contributed by atoms with Gasteiger partial charge in [-0.25, -0.2) is 0 Å². The molecule has 9 heteroatoms. The highest BCUT2D eigenvalue weighted by molar-refractivity contribution is 7.99. The van der Waals surface area contributed by atoms with E-state index in [1.54, 1.807) is 12.1 Å². The summed E-state index contributed by atoms with van der Waals surface area (Å²) >= 11 is 7.29. The van der Waals surface area contributed by atoms with Gasteiger partial charge >= 0.3 is 0 Å². The van der Waals surface area contributed by atoms with Crippen LogP contribution in [0.15, 0.2) is 58.2 Å². The second-order valence-electron chi connectivity index (χ2n) is 6.82. The smallest absolute Gasteiger partial charge is 0.277 e. The number of benzene rings is 2. The zero-order chi connectivity index (χ0) is 22.2. The third-order valence-corrected chi connectivity index (χ3v) is 5.56. The van der Waals surface area contributed by atoms with Gasteiger partial charge in [-0.1, -0.05) is 60.6 Å². The number of anilines is 1. The molecule has 0 atom stereocenters. The molecule has 0 radical (unpaired) electrons. The lowest BCUT2D eigenvalue weighted by Crippen LogP contribution is -2.39. The van der Waals surface area contributed by atoms with Crippen molar-refractivity contribution in [2.75, 3.05) is 24.2 Å². The molecular formula is C22H23ClN4O3S. The molecule has 0 aliphatic rings. The third kappa shape index (κ3) is 6.32. The molecular weight excluding hydrogens is 436 g/mol. The molecule has 31 heavy (non-hydrogen) atoms. The predicted octanol–water partition coefficient (Wildman–Crippen LogP) is 4.67. The number of hydrogen-bond acceptors (Lipinski definition) is 6. The number of thioether (sulfide) groups is 1. The van der Waals surface area contributed by atoms with Gasteiger partial charge in [0.1, 0.15) is 0 Å². The Morgan fingerprint density at radius 2 is 1.87 bits per heavy atom. The Labute approximate surface area is 190 Å². The minimum atomic E-state index is -0.236. The van der Waals surface area contributed by atoms with Crippen LogP contribution in [0, 0.1) is 6.92 Å². The van der Waals surface area contributed by atoms with Crippen LogP contribution >= 0.6 is 23.4 Å². The average Bonchev–Trinajstić information content (AvgIpc) is 3.22. The van der Waals surface area contributed by atoms with Gasteiger partial charge in [0, 0.05) is 12.2 Å². The molecule has 7 nitrogen and oxygen atoms in total. The van der Waals surface area contributed by atoms with Crippen molar-refractivity contribution in [3.05, 3.63) is 59.1 Å². The number of hydrogen-bond donors (Lipinski definition) is 1. The maximum Gasteiger partial charge on any atom is 0.277 e. The van der Waals surface area contributed by atoms with Crippen molar-refractivity contribution in [2.45, 2.75) is 25.5 Å². The van der Waals surface area contributed by atoms with Crippen LogP contribution in [0.4, 0.5) is 5.69 Å². The summed E-state index contributed by atoms with van der Waals surface area (Å²) in [6.45, 7) is 4.34. The molecule has 3 rings (SSSR count). The van der Waals surface area contributed by atoms with E-state index < -0.39 is 0 Å². The zero-order valence-electron chi connectivity index (χ0n) is 17.3. The second-order valence-corrected chi connectivity index (χ2v) is 8.15. The number of aromatic nitrogens is 2. The molecule has 0 spiro atoms. The summed E-state index contributed by atoms with van der Waals surface area (Å²) in [5.74, 6) is -0.0327. The number of amides is 2. The first-order valence-corrected chi connectivity index (χ1v) is 11.2. The molecule has 0 unspecified atom stereocenters. The maximum atomic E-state index is 12.7. The number of carbonyl (C=O) groups excluding carboxylic acids is 2. The van der Waals surface area contributed by atoms with Crippen molar-refractivity contribution in [2.24, 2.45) is 0 Å². The van der Waals surface area contributed by atoms with Gasteiger partial charge in [0.15, 0.2) is 0 Å². The number of para-hydroxylation sites is 1. The minimum Gasteiger partial charge on any atom is -0.411 e. The summed E-state index contributed by atoms with van der Waals surface area (Å²) < 4.78 is 5.62. The van der Waals surface area contributed by atoms with Crippen molar-refractivity contribution < 1.29 is 14.0 Å². The van der Waals surface area contributed by atoms with E-state index in [2.05, 4.69) is 15.5 Å². The van der Waals surface area contributed by atoms with E-state index >= 15 is 0 Å². The van der Waals surface area contributed by atoms with E-state index in [0.29, 0.717) is 23.0 Å². The molecule has 0 saturated carbocycles. The molecule has 2 amide bonds. The lowest BCUT2D eigenvalue weighted by molar-refractivity contribution is -0.132. The van der Waals surface area contributed by atoms with E-state index in [4.69, 9.17) is 16.0 Å². The second kappa shape index (κ2) is 11.0. The molecule has 1 aromatic heterocycles. The summed E-state index contributed by atoms with van der Waals surface area (Å²) in [5.41, 5.74) is 2.34. The lowest BCUT2D eigenvalue weighted by atomic mass is 10.2. The number of nitrogens with one attached hydrogen (secondary N) is 1. The van der Waals surface area contributed by atoms with Crippen molar-refractivity contribution in [3.8, 4) is 11.5 Å². The molecule has 1 heterocycles. The quantitative estimate of drug-likeness (QED) is 0.469. The van der Waals surface area contributed by atoms with Crippen molar-refractivity contribution in [1.29, 1.82) is 0 Å². The van der Waals surface area contributed by atoms with Crippen LogP contribution in [0.1, 0.15) is 18.9 Å². The van der Waals surface area contributed by atoms with Crippen LogP contribution in [0.25, 0.3) is 11.5 Å². The molecule has 0 bridgehead atoms. The monoisotopic (exact) mass is 458 g/mol. The molecule has 0 aliphatic heterocycles. The predicted molar refractivity (Wildman–Crippen MR) is 122 cm³/mol. The summed E-state index contributed by atoms with van der Waals surface area (Å²) in [6, 6.07) is 14.7. The van der Waals surface area contributed by atoms with Gasteiger partial charge in [0.05, 0.1) is 22.9 Å². The number of halogens is 1. The normalized spacial score (nSPS) is 10.7. The Kier molecular flexibility index (Phi) is 8.08. The summed E-state index contributed by atoms with van der Waals surface area (Å²) in [5, 5.41) is 11.6. The topological polar surface area (TPSA) is 88.3 Å². The van der Waals surface area contributed by atoms with E-state index in [1.165, 1.54) is 4.90 Å². The van der Waals surface area contributed by atoms with Crippen molar-refractivity contribution in [3.63, 3.8) is 0 Å². The SMILES string of the molecule is CCCN(CC(=O)Nc1ccccc1C)C(=O)CSc1nnc(-c2ccccc2Cl)o1. The molecule has 0 aliphatic carbocycles. The number of rotatable bonds is 9. The largest absolute Gasteiger partial charge is 0.411 e. The van der Waals surface area contributed by atoms with Crippen LogP contribution in [-0.2, 0) is 9.59 Å². The van der Waals surface area contributed by atoms with Gasteiger partial charge in [-0.3, -0.25) is 9.59 Å². The van der Waals surface area contributed by atoms with Crippen molar-refractivity contribution in [1.82, 2.24) is 15.1 Å². The fourth-order valence-electron chi connectivity index (χ4n) is 2.86. The molecule has 3 aromatic rings. The van der Waals surface area contributed by atoms with E-state index in [0.717, 1.165) is 29.4 Å². The van der Waals surface area contributed by atoms with E-state index in [-0.39, 0.29) is 29.3 Å². The molecule has 1 N–H and O–H groups in total. The number of aryl methyl sites for hydroxylation is 1. The Bertz CT molecular complexity index is 1060.